The second-order valence-corrected chi connectivity index (χ2v) is 15.9. The highest BCUT2D eigenvalue weighted by atomic mass is 16.4. The molecule has 6 aromatic carbocycles. The van der Waals surface area contributed by atoms with Crippen molar-refractivity contribution in [2.75, 3.05) is 0 Å². The lowest BCUT2D eigenvalue weighted by atomic mass is 9.32. The van der Waals surface area contributed by atoms with Gasteiger partial charge in [0, 0.05) is 0 Å². The number of benzene rings is 6. The highest BCUT2D eigenvalue weighted by Gasteiger charge is 2.36. The first-order chi connectivity index (χ1) is 27.3. The van der Waals surface area contributed by atoms with Crippen molar-refractivity contribution >= 4 is 41.0 Å². The maximum atomic E-state index is 11.7. The molecule has 0 amide bonds. The molecule has 58 heavy (non-hydrogen) atoms. The molecule has 0 aliphatic rings. The highest BCUT2D eigenvalue weighted by Crippen LogP contribution is 2.36. The molecular formula is C51H51BO6. The molecule has 0 fully saturated rings. The molecule has 294 valence electrons. The standard InChI is InChI=1S/C51H51BO6/c1-25-31(7)46(32(8)26(2)43(25)37-13-19-40(20-14-37)49(53)54)52(47-33(9)27(3)44(28(4)34(47)10)38-15-21-41(22-16-38)50(55)56)48-35(11)29(5)45(30(6)36(48)12)39-17-23-42(24-18-39)51(57)58/h13-24H,1-12H3,(H,53,54)(H,55,56)(H,57,58). The molecule has 6 rings (SSSR count). The summed E-state index contributed by atoms with van der Waals surface area (Å²) < 4.78 is 0. The highest BCUT2D eigenvalue weighted by molar-refractivity contribution is 6.97. The van der Waals surface area contributed by atoms with Gasteiger partial charge < -0.3 is 15.3 Å². The van der Waals surface area contributed by atoms with Crippen LogP contribution in [0.1, 0.15) is 97.8 Å². The number of rotatable bonds is 9. The first-order valence-electron chi connectivity index (χ1n) is 19.6. The van der Waals surface area contributed by atoms with Crippen LogP contribution in [0.2, 0.25) is 0 Å². The van der Waals surface area contributed by atoms with Crippen LogP contribution in [-0.2, 0) is 0 Å². The summed E-state index contributed by atoms with van der Waals surface area (Å²) in [5, 5.41) is 28.8. The van der Waals surface area contributed by atoms with Crippen molar-refractivity contribution in [1.82, 2.24) is 0 Å². The fourth-order valence-electron chi connectivity index (χ4n) is 9.39. The second-order valence-electron chi connectivity index (χ2n) is 15.9. The van der Waals surface area contributed by atoms with Gasteiger partial charge in [-0.2, -0.15) is 0 Å². The smallest absolute Gasteiger partial charge is 0.335 e. The Hall–Kier alpha value is -6.21. The Kier molecular flexibility index (Phi) is 11.2. The van der Waals surface area contributed by atoms with E-state index in [0.717, 1.165) is 66.8 Å². The van der Waals surface area contributed by atoms with Crippen molar-refractivity contribution in [3.05, 3.63) is 156 Å². The summed E-state index contributed by atoms with van der Waals surface area (Å²) in [5.41, 5.74) is 24.6. The zero-order chi connectivity index (χ0) is 42.7. The summed E-state index contributed by atoms with van der Waals surface area (Å²) in [6.45, 7) is 26.1. The van der Waals surface area contributed by atoms with E-state index in [1.54, 1.807) is 36.4 Å². The van der Waals surface area contributed by atoms with Crippen LogP contribution in [0, 0.1) is 83.1 Å². The Morgan fingerprint density at radius 3 is 0.638 bits per heavy atom. The van der Waals surface area contributed by atoms with Crippen LogP contribution in [-0.4, -0.2) is 39.9 Å². The molecule has 3 N–H and O–H groups in total. The number of carbonyl (C=O) groups is 3. The van der Waals surface area contributed by atoms with Gasteiger partial charge in [-0.1, -0.05) is 86.2 Å². The van der Waals surface area contributed by atoms with Gasteiger partial charge in [-0.3, -0.25) is 0 Å². The van der Waals surface area contributed by atoms with E-state index in [1.165, 1.54) is 49.8 Å². The predicted molar refractivity (Wildman–Crippen MR) is 238 cm³/mol. The molecule has 7 heteroatoms. The average molecular weight is 771 g/mol. The Labute approximate surface area is 342 Å². The van der Waals surface area contributed by atoms with E-state index in [0.29, 0.717) is 0 Å². The zero-order valence-corrected chi connectivity index (χ0v) is 35.6. The summed E-state index contributed by atoms with van der Waals surface area (Å²) >= 11 is 0. The lowest BCUT2D eigenvalue weighted by Gasteiger charge is -2.33. The van der Waals surface area contributed by atoms with Gasteiger partial charge in [0.2, 0.25) is 6.71 Å². The van der Waals surface area contributed by atoms with Crippen LogP contribution in [0.5, 0.6) is 0 Å². The van der Waals surface area contributed by atoms with E-state index in [4.69, 9.17) is 0 Å². The van der Waals surface area contributed by atoms with Gasteiger partial charge >= 0.3 is 17.9 Å². The Bertz CT molecular complexity index is 2300. The Morgan fingerprint density at radius 1 is 0.310 bits per heavy atom. The maximum Gasteiger partial charge on any atom is 0.335 e. The molecule has 0 bridgehead atoms. The monoisotopic (exact) mass is 770 g/mol. The molecule has 0 aromatic heterocycles. The summed E-state index contributed by atoms with van der Waals surface area (Å²) in [4.78, 5) is 35.2. The van der Waals surface area contributed by atoms with Gasteiger partial charge in [-0.05, 0) is 186 Å². The van der Waals surface area contributed by atoms with Crippen molar-refractivity contribution in [3.63, 3.8) is 0 Å². The molecule has 0 radical (unpaired) electrons. The summed E-state index contributed by atoms with van der Waals surface area (Å²) in [7, 11) is 0. The van der Waals surface area contributed by atoms with Gasteiger partial charge in [0.1, 0.15) is 0 Å². The van der Waals surface area contributed by atoms with Crippen molar-refractivity contribution in [2.24, 2.45) is 0 Å². The minimum Gasteiger partial charge on any atom is -0.478 e. The predicted octanol–water partition coefficient (Wildman–Crippen LogP) is 10.00. The van der Waals surface area contributed by atoms with Crippen molar-refractivity contribution in [3.8, 4) is 33.4 Å². The van der Waals surface area contributed by atoms with Gasteiger partial charge in [0.25, 0.3) is 0 Å². The normalized spacial score (nSPS) is 11.2. The SMILES string of the molecule is Cc1c(C)c(-c2ccc(C(=O)O)cc2)c(C)c(C)c1B(c1c(C)c(C)c(-c2ccc(C(=O)O)cc2)c(C)c1C)c1c(C)c(C)c(-c2ccc(C(=O)O)cc2)c(C)c1C. The van der Waals surface area contributed by atoms with Crippen LogP contribution in [0.3, 0.4) is 0 Å². The molecule has 0 unspecified atom stereocenters. The maximum absolute atomic E-state index is 11.7. The van der Waals surface area contributed by atoms with Crippen LogP contribution >= 0.6 is 0 Å². The zero-order valence-electron chi connectivity index (χ0n) is 35.6. The fraction of sp³-hybridized carbons (Fsp3) is 0.235. The van der Waals surface area contributed by atoms with Crippen LogP contribution in [0.25, 0.3) is 33.4 Å². The Balaban J connectivity index is 1.70. The third-order valence-electron chi connectivity index (χ3n) is 13.2. The lowest BCUT2D eigenvalue weighted by Crippen LogP contribution is -2.58. The number of carboxylic acid groups (broad SMARTS) is 3. The van der Waals surface area contributed by atoms with E-state index in [9.17, 15) is 29.7 Å². The van der Waals surface area contributed by atoms with Crippen molar-refractivity contribution < 1.29 is 29.7 Å². The third kappa shape index (κ3) is 6.83. The summed E-state index contributed by atoms with van der Waals surface area (Å²) in [6.07, 6.45) is 0. The first-order valence-corrected chi connectivity index (χ1v) is 19.6. The van der Waals surface area contributed by atoms with E-state index >= 15 is 0 Å². The molecule has 0 saturated heterocycles. The average Bonchev–Trinajstić information content (AvgIpc) is 3.19. The van der Waals surface area contributed by atoms with E-state index in [-0.39, 0.29) is 23.4 Å². The minimum atomic E-state index is -0.954. The second kappa shape index (κ2) is 15.6. The van der Waals surface area contributed by atoms with Crippen molar-refractivity contribution in [1.29, 1.82) is 0 Å². The lowest BCUT2D eigenvalue weighted by molar-refractivity contribution is 0.0686. The van der Waals surface area contributed by atoms with Crippen LogP contribution in [0.15, 0.2) is 72.8 Å². The molecule has 6 nitrogen and oxygen atoms in total. The molecule has 0 aliphatic carbocycles. The van der Waals surface area contributed by atoms with Crippen LogP contribution < -0.4 is 16.4 Å². The molecule has 0 aliphatic heterocycles. The van der Waals surface area contributed by atoms with Gasteiger partial charge in [0.05, 0.1) is 16.7 Å². The summed E-state index contributed by atoms with van der Waals surface area (Å²) in [6, 6.07) is 21.4. The Morgan fingerprint density at radius 2 is 0.483 bits per heavy atom. The summed E-state index contributed by atoms with van der Waals surface area (Å²) in [5.74, 6) is -2.86. The number of hydrogen-bond acceptors (Lipinski definition) is 3. The number of carboxylic acids is 3. The van der Waals surface area contributed by atoms with Crippen molar-refractivity contribution in [2.45, 2.75) is 83.1 Å². The largest absolute Gasteiger partial charge is 0.478 e. The molecule has 0 heterocycles. The fourth-order valence-corrected chi connectivity index (χ4v) is 9.39. The van der Waals surface area contributed by atoms with E-state index < -0.39 is 17.9 Å². The molecule has 0 saturated carbocycles. The molecule has 0 spiro atoms. The third-order valence-corrected chi connectivity index (χ3v) is 13.2. The van der Waals surface area contributed by atoms with Gasteiger partial charge in [-0.25, -0.2) is 14.4 Å². The van der Waals surface area contributed by atoms with Gasteiger partial charge in [0.15, 0.2) is 0 Å². The van der Waals surface area contributed by atoms with E-state index in [1.807, 2.05) is 36.4 Å². The molecule has 0 atom stereocenters. The first kappa shape index (κ1) is 41.4. The molecule has 6 aromatic rings. The van der Waals surface area contributed by atoms with Crippen LogP contribution in [0.4, 0.5) is 0 Å². The minimum absolute atomic E-state index is 0.164. The quantitative estimate of drug-likeness (QED) is 0.126. The topological polar surface area (TPSA) is 112 Å². The number of aromatic carboxylic acids is 3. The van der Waals surface area contributed by atoms with Gasteiger partial charge in [-0.15, -0.1) is 0 Å². The molecular weight excluding hydrogens is 719 g/mol. The number of hydrogen-bond donors (Lipinski definition) is 3. The van der Waals surface area contributed by atoms with E-state index in [2.05, 4.69) is 83.1 Å².